The van der Waals surface area contributed by atoms with Crippen LogP contribution in [0.2, 0.25) is 0 Å². The standard InChI is InChI=1S/C14H17NO2/c1-9-8-11(9)14(16)15-12-6-7-17-13-5-3-2-4-10(12)13/h2-5,9,11-12H,6-8H2,1H3,(H,15,16)/t9-,11-,12-/m1/s1. The lowest BCUT2D eigenvalue weighted by atomic mass is 10.0. The molecule has 1 N–H and O–H groups in total. The minimum absolute atomic E-state index is 0.125. The summed E-state index contributed by atoms with van der Waals surface area (Å²) in [6.07, 6.45) is 1.90. The van der Waals surface area contributed by atoms with Crippen LogP contribution in [-0.4, -0.2) is 12.5 Å². The number of rotatable bonds is 2. The molecule has 0 radical (unpaired) electrons. The van der Waals surface area contributed by atoms with Crippen molar-refractivity contribution in [3.05, 3.63) is 29.8 Å². The number of benzene rings is 1. The molecule has 17 heavy (non-hydrogen) atoms. The molecule has 1 saturated carbocycles. The molecule has 0 bridgehead atoms. The van der Waals surface area contributed by atoms with Crippen LogP contribution in [0.4, 0.5) is 0 Å². The van der Waals surface area contributed by atoms with Gasteiger partial charge >= 0.3 is 0 Å². The van der Waals surface area contributed by atoms with E-state index in [4.69, 9.17) is 4.74 Å². The van der Waals surface area contributed by atoms with Crippen LogP contribution in [0.25, 0.3) is 0 Å². The van der Waals surface area contributed by atoms with Gasteiger partial charge in [-0.05, 0) is 18.4 Å². The van der Waals surface area contributed by atoms with Gasteiger partial charge in [0.15, 0.2) is 0 Å². The third kappa shape index (κ3) is 2.02. The third-order valence-corrected chi connectivity index (χ3v) is 3.72. The summed E-state index contributed by atoms with van der Waals surface area (Å²) in [5.74, 6) is 1.92. The summed E-state index contributed by atoms with van der Waals surface area (Å²) in [6, 6.07) is 8.09. The maximum Gasteiger partial charge on any atom is 0.223 e. The molecule has 3 rings (SSSR count). The first-order chi connectivity index (χ1) is 8.25. The molecular weight excluding hydrogens is 214 g/mol. The third-order valence-electron chi connectivity index (χ3n) is 3.72. The van der Waals surface area contributed by atoms with Crippen LogP contribution in [0.15, 0.2) is 24.3 Å². The average Bonchev–Trinajstić information content (AvgIpc) is 3.07. The van der Waals surface area contributed by atoms with E-state index < -0.39 is 0 Å². The maximum atomic E-state index is 11.9. The van der Waals surface area contributed by atoms with Crippen molar-refractivity contribution in [2.75, 3.05) is 6.61 Å². The Balaban J connectivity index is 1.74. The summed E-state index contributed by atoms with van der Waals surface area (Å²) < 4.78 is 5.58. The summed E-state index contributed by atoms with van der Waals surface area (Å²) >= 11 is 0. The number of hydrogen-bond donors (Lipinski definition) is 1. The van der Waals surface area contributed by atoms with E-state index in [0.29, 0.717) is 12.5 Å². The Morgan fingerprint density at radius 2 is 2.18 bits per heavy atom. The summed E-state index contributed by atoms with van der Waals surface area (Å²) in [5.41, 5.74) is 1.11. The predicted octanol–water partition coefficient (Wildman–Crippen LogP) is 2.28. The zero-order valence-corrected chi connectivity index (χ0v) is 9.98. The summed E-state index contributed by atoms with van der Waals surface area (Å²) in [6.45, 7) is 2.81. The fourth-order valence-electron chi connectivity index (χ4n) is 2.46. The van der Waals surface area contributed by atoms with Gasteiger partial charge in [-0.3, -0.25) is 4.79 Å². The first-order valence-corrected chi connectivity index (χ1v) is 6.28. The van der Waals surface area contributed by atoms with Gasteiger partial charge in [-0.15, -0.1) is 0 Å². The Bertz CT molecular complexity index is 444. The highest BCUT2D eigenvalue weighted by Crippen LogP contribution is 2.39. The lowest BCUT2D eigenvalue weighted by Crippen LogP contribution is -2.33. The molecule has 90 valence electrons. The summed E-state index contributed by atoms with van der Waals surface area (Å²) in [4.78, 5) is 11.9. The minimum Gasteiger partial charge on any atom is -0.493 e. The maximum absolute atomic E-state index is 11.9. The van der Waals surface area contributed by atoms with Crippen LogP contribution in [0.5, 0.6) is 5.75 Å². The molecule has 3 nitrogen and oxygen atoms in total. The molecular formula is C14H17NO2. The van der Waals surface area contributed by atoms with Crippen molar-refractivity contribution in [1.29, 1.82) is 0 Å². The van der Waals surface area contributed by atoms with Crippen LogP contribution < -0.4 is 10.1 Å². The number of fused-ring (bicyclic) bond motifs is 1. The van der Waals surface area contributed by atoms with Gasteiger partial charge in [0.2, 0.25) is 5.91 Å². The quantitative estimate of drug-likeness (QED) is 0.848. The van der Waals surface area contributed by atoms with E-state index in [1.54, 1.807) is 0 Å². The number of amides is 1. The number of carbonyl (C=O) groups excluding carboxylic acids is 1. The SMILES string of the molecule is C[C@@H]1C[C@H]1C(=O)N[C@@H]1CCOc2ccccc21. The van der Waals surface area contributed by atoms with Crippen molar-refractivity contribution in [2.45, 2.75) is 25.8 Å². The number of nitrogens with one attached hydrogen (secondary N) is 1. The van der Waals surface area contributed by atoms with Crippen LogP contribution in [0, 0.1) is 11.8 Å². The van der Waals surface area contributed by atoms with Gasteiger partial charge in [-0.1, -0.05) is 25.1 Å². The molecule has 1 fully saturated rings. The van der Waals surface area contributed by atoms with Crippen LogP contribution in [-0.2, 0) is 4.79 Å². The monoisotopic (exact) mass is 231 g/mol. The van der Waals surface area contributed by atoms with E-state index in [0.717, 1.165) is 24.2 Å². The molecule has 3 heteroatoms. The van der Waals surface area contributed by atoms with Crippen molar-refractivity contribution < 1.29 is 9.53 Å². The first kappa shape index (κ1) is 10.6. The fourth-order valence-corrected chi connectivity index (χ4v) is 2.46. The molecule has 1 aliphatic carbocycles. The van der Waals surface area contributed by atoms with Crippen molar-refractivity contribution in [2.24, 2.45) is 11.8 Å². The second-order valence-corrected chi connectivity index (χ2v) is 5.06. The van der Waals surface area contributed by atoms with E-state index in [-0.39, 0.29) is 17.9 Å². The molecule has 2 aliphatic rings. The molecule has 0 saturated heterocycles. The molecule has 3 atom stereocenters. The lowest BCUT2D eigenvalue weighted by molar-refractivity contribution is -0.123. The molecule has 0 aromatic heterocycles. The normalized spacial score (nSPS) is 30.1. The van der Waals surface area contributed by atoms with Crippen LogP contribution in [0.1, 0.15) is 31.4 Å². The van der Waals surface area contributed by atoms with Gasteiger partial charge in [0.1, 0.15) is 5.75 Å². The Hall–Kier alpha value is -1.51. The van der Waals surface area contributed by atoms with E-state index in [1.165, 1.54) is 0 Å². The number of carbonyl (C=O) groups is 1. The van der Waals surface area contributed by atoms with Crippen molar-refractivity contribution in [1.82, 2.24) is 5.32 Å². The predicted molar refractivity (Wildman–Crippen MR) is 64.7 cm³/mol. The van der Waals surface area contributed by atoms with Gasteiger partial charge in [0.25, 0.3) is 0 Å². The first-order valence-electron chi connectivity index (χ1n) is 6.28. The molecule has 1 aliphatic heterocycles. The lowest BCUT2D eigenvalue weighted by Gasteiger charge is -2.26. The zero-order chi connectivity index (χ0) is 11.8. The second-order valence-electron chi connectivity index (χ2n) is 5.06. The fraction of sp³-hybridized carbons (Fsp3) is 0.500. The van der Waals surface area contributed by atoms with Gasteiger partial charge in [0.05, 0.1) is 12.6 Å². The van der Waals surface area contributed by atoms with Crippen LogP contribution >= 0.6 is 0 Å². The largest absolute Gasteiger partial charge is 0.493 e. The van der Waals surface area contributed by atoms with E-state index in [1.807, 2.05) is 24.3 Å². The second kappa shape index (κ2) is 4.06. The van der Waals surface area contributed by atoms with E-state index >= 15 is 0 Å². The minimum atomic E-state index is 0.125. The van der Waals surface area contributed by atoms with Crippen molar-refractivity contribution >= 4 is 5.91 Å². The molecule has 1 aromatic rings. The number of ether oxygens (including phenoxy) is 1. The molecule has 1 amide bonds. The summed E-state index contributed by atoms with van der Waals surface area (Å²) in [7, 11) is 0. The van der Waals surface area contributed by atoms with Crippen molar-refractivity contribution in [3.63, 3.8) is 0 Å². The highest BCUT2D eigenvalue weighted by atomic mass is 16.5. The van der Waals surface area contributed by atoms with E-state index in [9.17, 15) is 4.79 Å². The smallest absolute Gasteiger partial charge is 0.223 e. The molecule has 1 aromatic carbocycles. The highest BCUT2D eigenvalue weighted by molar-refractivity contribution is 5.82. The van der Waals surface area contributed by atoms with Gasteiger partial charge in [-0.2, -0.15) is 0 Å². The molecule has 1 heterocycles. The van der Waals surface area contributed by atoms with Gasteiger partial charge < -0.3 is 10.1 Å². The average molecular weight is 231 g/mol. The van der Waals surface area contributed by atoms with Gasteiger partial charge in [-0.25, -0.2) is 0 Å². The Morgan fingerprint density at radius 1 is 1.41 bits per heavy atom. The van der Waals surface area contributed by atoms with E-state index in [2.05, 4.69) is 12.2 Å². The topological polar surface area (TPSA) is 38.3 Å². The van der Waals surface area contributed by atoms with Crippen LogP contribution in [0.3, 0.4) is 0 Å². The molecule has 0 unspecified atom stereocenters. The Labute approximate surface area is 101 Å². The molecule has 0 spiro atoms. The van der Waals surface area contributed by atoms with Crippen molar-refractivity contribution in [3.8, 4) is 5.75 Å². The number of para-hydroxylation sites is 1. The Morgan fingerprint density at radius 3 is 2.94 bits per heavy atom. The Kier molecular flexibility index (Phi) is 2.54. The number of hydrogen-bond acceptors (Lipinski definition) is 2. The zero-order valence-electron chi connectivity index (χ0n) is 9.98. The highest BCUT2D eigenvalue weighted by Gasteiger charge is 2.40. The summed E-state index contributed by atoms with van der Waals surface area (Å²) in [5, 5.41) is 3.15. The van der Waals surface area contributed by atoms with Gasteiger partial charge in [0, 0.05) is 17.9 Å².